The first-order valence-corrected chi connectivity index (χ1v) is 11.6. The summed E-state index contributed by atoms with van der Waals surface area (Å²) in [6.07, 6.45) is 2.91. The van der Waals surface area contributed by atoms with E-state index in [1.807, 2.05) is 13.2 Å². The highest BCUT2D eigenvalue weighted by Crippen LogP contribution is 2.26. The first-order chi connectivity index (χ1) is 12.3. The second-order valence-electron chi connectivity index (χ2n) is 5.23. The third-order valence-corrected chi connectivity index (χ3v) is 6.36. The molecule has 0 unspecified atom stereocenters. The molecule has 1 heterocycles. The Balaban J connectivity index is 2.23. The molecule has 1 aromatic heterocycles. The Bertz CT molecular complexity index is 852. The van der Waals surface area contributed by atoms with Crippen LogP contribution in [-0.2, 0) is 14.8 Å². The van der Waals surface area contributed by atoms with Gasteiger partial charge in [-0.3, -0.25) is 14.4 Å². The van der Waals surface area contributed by atoms with E-state index < -0.39 is 22.0 Å². The number of rotatable bonds is 8. The third kappa shape index (κ3) is 5.08. The Morgan fingerprint density at radius 3 is 2.50 bits per heavy atom. The fraction of sp³-hybridized carbons (Fsp3) is 0.400. The zero-order chi connectivity index (χ0) is 19.3. The Labute approximate surface area is 161 Å². The average molecular weight is 417 g/mol. The second kappa shape index (κ2) is 8.69. The highest BCUT2D eigenvalue weighted by molar-refractivity contribution is 8.00. The lowest BCUT2D eigenvalue weighted by atomic mass is 10.2. The largest absolute Gasteiger partial charge is 0.494 e. The van der Waals surface area contributed by atoms with Crippen LogP contribution < -0.4 is 14.4 Å². The van der Waals surface area contributed by atoms with Crippen LogP contribution >= 0.6 is 23.1 Å². The molecule has 0 fully saturated rings. The monoisotopic (exact) mass is 416 g/mol. The Hall–Kier alpha value is -1.85. The molecule has 1 aromatic carbocycles. The summed E-state index contributed by atoms with van der Waals surface area (Å²) in [6.45, 7) is 3.89. The lowest BCUT2D eigenvalue weighted by Gasteiger charge is -2.28. The third-order valence-electron chi connectivity index (χ3n) is 3.30. The van der Waals surface area contributed by atoms with Crippen LogP contribution in [0.2, 0.25) is 0 Å². The first-order valence-electron chi connectivity index (χ1n) is 7.67. The molecule has 0 radical (unpaired) electrons. The van der Waals surface area contributed by atoms with Crippen molar-refractivity contribution in [3.8, 4) is 5.75 Å². The lowest BCUT2D eigenvalue weighted by Crippen LogP contribution is -2.45. The van der Waals surface area contributed by atoms with E-state index in [9.17, 15) is 13.2 Å². The van der Waals surface area contributed by atoms with Gasteiger partial charge in [0.05, 0.1) is 18.6 Å². The maximum atomic E-state index is 12.5. The summed E-state index contributed by atoms with van der Waals surface area (Å²) in [5.41, 5.74) is 0.376. The molecule has 0 aliphatic heterocycles. The minimum atomic E-state index is -3.68. The van der Waals surface area contributed by atoms with Gasteiger partial charge in [-0.05, 0) is 44.4 Å². The van der Waals surface area contributed by atoms with Crippen LogP contribution in [0.1, 0.15) is 13.8 Å². The SMILES string of the molecule is CCOc1ccc(N([C@@H](C)C(=O)Nc2nnc(SC)s2)S(C)(=O)=O)cc1. The van der Waals surface area contributed by atoms with E-state index in [1.54, 1.807) is 24.3 Å². The van der Waals surface area contributed by atoms with E-state index in [1.165, 1.54) is 30.0 Å². The number of sulfonamides is 1. The van der Waals surface area contributed by atoms with Gasteiger partial charge in [0.25, 0.3) is 0 Å². The predicted octanol–water partition coefficient (Wildman–Crippen LogP) is 2.45. The van der Waals surface area contributed by atoms with Crippen LogP contribution in [0.25, 0.3) is 0 Å². The number of carbonyl (C=O) groups excluding carboxylic acids is 1. The zero-order valence-corrected chi connectivity index (χ0v) is 17.2. The van der Waals surface area contributed by atoms with Gasteiger partial charge in [-0.25, -0.2) is 8.42 Å². The van der Waals surface area contributed by atoms with Crippen molar-refractivity contribution in [1.29, 1.82) is 0 Å². The van der Waals surface area contributed by atoms with Crippen LogP contribution in [0.5, 0.6) is 5.75 Å². The summed E-state index contributed by atoms with van der Waals surface area (Å²) in [5, 5.41) is 10.7. The van der Waals surface area contributed by atoms with Gasteiger partial charge in [0.2, 0.25) is 21.1 Å². The number of nitrogens with one attached hydrogen (secondary N) is 1. The lowest BCUT2D eigenvalue weighted by molar-refractivity contribution is -0.116. The number of amides is 1. The smallest absolute Gasteiger partial charge is 0.249 e. The number of carbonyl (C=O) groups is 1. The Morgan fingerprint density at radius 1 is 1.35 bits per heavy atom. The summed E-state index contributed by atoms with van der Waals surface area (Å²) >= 11 is 2.64. The van der Waals surface area contributed by atoms with Gasteiger partial charge in [0.15, 0.2) is 4.34 Å². The van der Waals surface area contributed by atoms with Crippen molar-refractivity contribution < 1.29 is 17.9 Å². The molecule has 142 valence electrons. The molecular formula is C15H20N4O4S3. The number of aromatic nitrogens is 2. The molecule has 0 saturated carbocycles. The molecule has 0 saturated heterocycles. The number of benzene rings is 1. The van der Waals surface area contributed by atoms with Crippen LogP contribution in [0.3, 0.4) is 0 Å². The van der Waals surface area contributed by atoms with E-state index in [0.29, 0.717) is 27.5 Å². The maximum Gasteiger partial charge on any atom is 0.249 e. The maximum absolute atomic E-state index is 12.5. The molecule has 0 aliphatic carbocycles. The number of hydrogen-bond donors (Lipinski definition) is 1. The first kappa shape index (κ1) is 20.5. The highest BCUT2D eigenvalue weighted by atomic mass is 32.2. The highest BCUT2D eigenvalue weighted by Gasteiger charge is 2.29. The molecule has 1 amide bonds. The Morgan fingerprint density at radius 2 is 2.00 bits per heavy atom. The number of ether oxygens (including phenoxy) is 1. The normalized spacial score (nSPS) is 12.5. The van der Waals surface area contributed by atoms with Gasteiger partial charge in [-0.15, -0.1) is 10.2 Å². The molecule has 2 rings (SSSR count). The second-order valence-corrected chi connectivity index (χ2v) is 9.12. The molecule has 1 atom stereocenters. The average Bonchev–Trinajstić information content (AvgIpc) is 3.03. The van der Waals surface area contributed by atoms with E-state index in [4.69, 9.17) is 4.74 Å². The summed E-state index contributed by atoms with van der Waals surface area (Å²) in [5.74, 6) is 0.133. The topological polar surface area (TPSA) is 101 Å². The van der Waals surface area contributed by atoms with Crippen LogP contribution in [0.4, 0.5) is 10.8 Å². The number of hydrogen-bond acceptors (Lipinski definition) is 8. The van der Waals surface area contributed by atoms with Crippen LogP contribution in [0.15, 0.2) is 28.6 Å². The molecule has 11 heteroatoms. The summed E-state index contributed by atoms with van der Waals surface area (Å²) < 4.78 is 31.7. The van der Waals surface area contributed by atoms with Crippen molar-refractivity contribution in [3.63, 3.8) is 0 Å². The van der Waals surface area contributed by atoms with E-state index in [0.717, 1.165) is 10.6 Å². The van der Waals surface area contributed by atoms with Crippen molar-refractivity contribution in [2.24, 2.45) is 0 Å². The van der Waals surface area contributed by atoms with Gasteiger partial charge in [0.1, 0.15) is 11.8 Å². The van der Waals surface area contributed by atoms with Crippen molar-refractivity contribution in [2.45, 2.75) is 24.2 Å². The molecule has 0 spiro atoms. The van der Waals surface area contributed by atoms with E-state index >= 15 is 0 Å². The molecule has 0 bridgehead atoms. The van der Waals surface area contributed by atoms with Gasteiger partial charge in [0, 0.05) is 0 Å². The van der Waals surface area contributed by atoms with Gasteiger partial charge >= 0.3 is 0 Å². The molecule has 26 heavy (non-hydrogen) atoms. The standard InChI is InChI=1S/C15H20N4O4S3/c1-5-23-12-8-6-11(7-9-12)19(26(4,21)22)10(2)13(20)16-14-17-18-15(24-3)25-14/h6-10H,5H2,1-4H3,(H,16,17,20)/t10-/m0/s1. The van der Waals surface area contributed by atoms with Crippen molar-refractivity contribution in [2.75, 3.05) is 28.7 Å². The number of anilines is 2. The van der Waals surface area contributed by atoms with E-state index in [2.05, 4.69) is 15.5 Å². The fourth-order valence-corrected chi connectivity index (χ4v) is 4.57. The van der Waals surface area contributed by atoms with Crippen molar-refractivity contribution >= 4 is 49.8 Å². The molecule has 0 aliphatic rings. The summed E-state index contributed by atoms with van der Waals surface area (Å²) in [4.78, 5) is 12.5. The summed E-state index contributed by atoms with van der Waals surface area (Å²) in [7, 11) is -3.68. The van der Waals surface area contributed by atoms with Gasteiger partial charge < -0.3 is 4.74 Å². The van der Waals surface area contributed by atoms with Gasteiger partial charge in [-0.1, -0.05) is 23.1 Å². The van der Waals surface area contributed by atoms with Crippen molar-refractivity contribution in [3.05, 3.63) is 24.3 Å². The molecule has 2 aromatic rings. The zero-order valence-electron chi connectivity index (χ0n) is 14.8. The number of nitrogens with zero attached hydrogens (tertiary/aromatic N) is 3. The van der Waals surface area contributed by atoms with Crippen LogP contribution in [-0.4, -0.2) is 49.7 Å². The van der Waals surface area contributed by atoms with E-state index in [-0.39, 0.29) is 0 Å². The number of thioether (sulfide) groups is 1. The van der Waals surface area contributed by atoms with Crippen LogP contribution in [0, 0.1) is 0 Å². The predicted molar refractivity (Wildman–Crippen MR) is 105 cm³/mol. The molecule has 8 nitrogen and oxygen atoms in total. The fourth-order valence-electron chi connectivity index (χ4n) is 2.22. The molecule has 1 N–H and O–H groups in total. The van der Waals surface area contributed by atoms with Crippen molar-refractivity contribution in [1.82, 2.24) is 10.2 Å². The Kier molecular flexibility index (Phi) is 6.84. The van der Waals surface area contributed by atoms with Gasteiger partial charge in [-0.2, -0.15) is 0 Å². The molecular weight excluding hydrogens is 396 g/mol. The minimum Gasteiger partial charge on any atom is -0.494 e. The quantitative estimate of drug-likeness (QED) is 0.521. The minimum absolute atomic E-state index is 0.325. The summed E-state index contributed by atoms with van der Waals surface area (Å²) in [6, 6.07) is 5.57.